The highest BCUT2D eigenvalue weighted by Crippen LogP contribution is 2.25. The number of rotatable bonds is 5. The van der Waals surface area contributed by atoms with E-state index in [1.54, 1.807) is 24.3 Å². The number of para-hydroxylation sites is 2. The standard InChI is InChI=1S/C13H14N2O5/c16-11-5-8(6-14-11)13(19)15-9-3-1-2-4-10(9)20-7-12(17)18/h1-4,8H,5-7H2,(H,14,16)(H,15,19)(H,17,18). The van der Waals surface area contributed by atoms with Crippen LogP contribution in [-0.4, -0.2) is 36.0 Å². The summed E-state index contributed by atoms with van der Waals surface area (Å²) >= 11 is 0. The van der Waals surface area contributed by atoms with Gasteiger partial charge in [-0.2, -0.15) is 0 Å². The van der Waals surface area contributed by atoms with E-state index in [4.69, 9.17) is 9.84 Å². The minimum atomic E-state index is -1.10. The predicted molar refractivity (Wildman–Crippen MR) is 69.3 cm³/mol. The predicted octanol–water partition coefficient (Wildman–Crippen LogP) is 0.225. The summed E-state index contributed by atoms with van der Waals surface area (Å²) in [5, 5.41) is 13.8. The van der Waals surface area contributed by atoms with Crippen molar-refractivity contribution >= 4 is 23.5 Å². The number of benzene rings is 1. The van der Waals surface area contributed by atoms with Crippen molar-refractivity contribution in [3.8, 4) is 5.75 Å². The van der Waals surface area contributed by atoms with E-state index < -0.39 is 18.5 Å². The zero-order valence-corrected chi connectivity index (χ0v) is 10.6. The topological polar surface area (TPSA) is 105 Å². The Bertz CT molecular complexity index is 543. The molecule has 0 radical (unpaired) electrons. The Labute approximate surface area is 114 Å². The molecule has 0 bridgehead atoms. The Morgan fingerprint density at radius 3 is 2.80 bits per heavy atom. The highest BCUT2D eigenvalue weighted by Gasteiger charge is 2.28. The molecule has 7 nitrogen and oxygen atoms in total. The van der Waals surface area contributed by atoms with Gasteiger partial charge in [-0.05, 0) is 12.1 Å². The molecule has 1 saturated heterocycles. The molecule has 3 N–H and O–H groups in total. The van der Waals surface area contributed by atoms with E-state index in [1.807, 2.05) is 0 Å². The molecule has 1 atom stereocenters. The largest absolute Gasteiger partial charge is 0.480 e. The highest BCUT2D eigenvalue weighted by atomic mass is 16.5. The summed E-state index contributed by atoms with van der Waals surface area (Å²) in [6, 6.07) is 6.55. The number of anilines is 1. The summed E-state index contributed by atoms with van der Waals surface area (Å²) in [6.45, 7) is -0.181. The summed E-state index contributed by atoms with van der Waals surface area (Å²) in [7, 11) is 0. The average molecular weight is 278 g/mol. The molecular weight excluding hydrogens is 264 g/mol. The number of hydrogen-bond donors (Lipinski definition) is 3. The molecule has 106 valence electrons. The van der Waals surface area contributed by atoms with E-state index in [9.17, 15) is 14.4 Å². The van der Waals surface area contributed by atoms with Crippen molar-refractivity contribution in [2.24, 2.45) is 5.92 Å². The fourth-order valence-electron chi connectivity index (χ4n) is 1.86. The number of carboxylic acid groups (broad SMARTS) is 1. The normalized spacial score (nSPS) is 17.4. The molecule has 1 aromatic carbocycles. The zero-order chi connectivity index (χ0) is 14.5. The molecule has 0 spiro atoms. The zero-order valence-electron chi connectivity index (χ0n) is 10.6. The third kappa shape index (κ3) is 3.47. The molecule has 1 aliphatic rings. The van der Waals surface area contributed by atoms with Crippen molar-refractivity contribution in [3.63, 3.8) is 0 Å². The van der Waals surface area contributed by atoms with Crippen molar-refractivity contribution in [3.05, 3.63) is 24.3 Å². The summed E-state index contributed by atoms with van der Waals surface area (Å²) in [5.74, 6) is -1.69. The second-order valence-electron chi connectivity index (χ2n) is 4.37. The van der Waals surface area contributed by atoms with Gasteiger partial charge < -0.3 is 20.5 Å². The van der Waals surface area contributed by atoms with Crippen molar-refractivity contribution in [2.75, 3.05) is 18.5 Å². The maximum atomic E-state index is 12.0. The van der Waals surface area contributed by atoms with Crippen LogP contribution in [0.2, 0.25) is 0 Å². The molecule has 7 heteroatoms. The molecule has 0 aromatic heterocycles. The number of ether oxygens (including phenoxy) is 1. The lowest BCUT2D eigenvalue weighted by atomic mass is 10.1. The molecule has 0 aliphatic carbocycles. The van der Waals surface area contributed by atoms with Gasteiger partial charge >= 0.3 is 5.97 Å². The highest BCUT2D eigenvalue weighted by molar-refractivity contribution is 5.98. The average Bonchev–Trinajstić information content (AvgIpc) is 2.84. The summed E-state index contributed by atoms with van der Waals surface area (Å²) in [5.41, 5.74) is 0.387. The summed E-state index contributed by atoms with van der Waals surface area (Å²) in [6.07, 6.45) is 0.157. The van der Waals surface area contributed by atoms with Crippen LogP contribution >= 0.6 is 0 Å². The molecular formula is C13H14N2O5. The number of nitrogens with one attached hydrogen (secondary N) is 2. The van der Waals surface area contributed by atoms with Gasteiger partial charge in [0.15, 0.2) is 6.61 Å². The van der Waals surface area contributed by atoms with Crippen molar-refractivity contribution in [1.82, 2.24) is 5.32 Å². The SMILES string of the molecule is O=C(O)COc1ccccc1NC(=O)C1CNC(=O)C1. The third-order valence-corrected chi connectivity index (χ3v) is 2.84. The van der Waals surface area contributed by atoms with Crippen molar-refractivity contribution in [2.45, 2.75) is 6.42 Å². The first-order chi connectivity index (χ1) is 9.56. The molecule has 20 heavy (non-hydrogen) atoms. The summed E-state index contributed by atoms with van der Waals surface area (Å²) < 4.78 is 5.09. The van der Waals surface area contributed by atoms with Crippen LogP contribution in [-0.2, 0) is 14.4 Å². The Morgan fingerprint density at radius 1 is 1.40 bits per heavy atom. The van der Waals surface area contributed by atoms with E-state index in [1.165, 1.54) is 0 Å². The maximum Gasteiger partial charge on any atom is 0.341 e. The number of carbonyl (C=O) groups excluding carboxylic acids is 2. The monoisotopic (exact) mass is 278 g/mol. The third-order valence-electron chi connectivity index (χ3n) is 2.84. The Morgan fingerprint density at radius 2 is 2.15 bits per heavy atom. The van der Waals surface area contributed by atoms with E-state index in [0.29, 0.717) is 12.2 Å². The molecule has 2 amide bonds. The minimum absolute atomic E-state index is 0.152. The first kappa shape index (κ1) is 13.9. The maximum absolute atomic E-state index is 12.0. The first-order valence-corrected chi connectivity index (χ1v) is 6.07. The lowest BCUT2D eigenvalue weighted by Gasteiger charge is -2.13. The van der Waals surface area contributed by atoms with Crippen molar-refractivity contribution in [1.29, 1.82) is 0 Å². The van der Waals surface area contributed by atoms with E-state index in [2.05, 4.69) is 10.6 Å². The van der Waals surface area contributed by atoms with Crippen LogP contribution in [0.4, 0.5) is 5.69 Å². The second kappa shape index (κ2) is 6.05. The van der Waals surface area contributed by atoms with Gasteiger partial charge in [0.2, 0.25) is 11.8 Å². The van der Waals surface area contributed by atoms with Crippen LogP contribution in [0.3, 0.4) is 0 Å². The van der Waals surface area contributed by atoms with Gasteiger partial charge in [0, 0.05) is 13.0 Å². The Balaban J connectivity index is 2.03. The van der Waals surface area contributed by atoms with Gasteiger partial charge in [-0.1, -0.05) is 12.1 Å². The van der Waals surface area contributed by atoms with Crippen molar-refractivity contribution < 1.29 is 24.2 Å². The van der Waals surface area contributed by atoms with Gasteiger partial charge in [0.25, 0.3) is 0 Å². The van der Waals surface area contributed by atoms with Gasteiger partial charge in [0.1, 0.15) is 5.75 Å². The lowest BCUT2D eigenvalue weighted by molar-refractivity contribution is -0.139. The first-order valence-electron chi connectivity index (χ1n) is 6.07. The van der Waals surface area contributed by atoms with E-state index >= 15 is 0 Å². The molecule has 1 aliphatic heterocycles. The van der Waals surface area contributed by atoms with Gasteiger partial charge in [-0.3, -0.25) is 9.59 Å². The van der Waals surface area contributed by atoms with Crippen LogP contribution in [0.15, 0.2) is 24.3 Å². The molecule has 1 unspecified atom stereocenters. The number of aliphatic carboxylic acids is 1. The molecule has 0 saturated carbocycles. The molecule has 2 rings (SSSR count). The Kier molecular flexibility index (Phi) is 4.19. The number of amides is 2. The van der Waals surface area contributed by atoms with E-state index in [0.717, 1.165) is 0 Å². The molecule has 1 fully saturated rings. The van der Waals surface area contributed by atoms with E-state index in [-0.39, 0.29) is 24.0 Å². The van der Waals surface area contributed by atoms with Gasteiger partial charge in [0.05, 0.1) is 11.6 Å². The number of carbonyl (C=O) groups is 3. The smallest absolute Gasteiger partial charge is 0.341 e. The number of hydrogen-bond acceptors (Lipinski definition) is 4. The molecule has 1 aromatic rings. The Hall–Kier alpha value is -2.57. The van der Waals surface area contributed by atoms with Gasteiger partial charge in [-0.25, -0.2) is 4.79 Å². The minimum Gasteiger partial charge on any atom is -0.480 e. The fraction of sp³-hybridized carbons (Fsp3) is 0.308. The van der Waals surface area contributed by atoms with Gasteiger partial charge in [-0.15, -0.1) is 0 Å². The quantitative estimate of drug-likeness (QED) is 0.715. The van der Waals surface area contributed by atoms with Crippen LogP contribution in [0.25, 0.3) is 0 Å². The number of carboxylic acids is 1. The van der Waals surface area contributed by atoms with Crippen LogP contribution in [0, 0.1) is 5.92 Å². The molecule has 1 heterocycles. The van der Waals surface area contributed by atoms with Crippen LogP contribution < -0.4 is 15.4 Å². The lowest BCUT2D eigenvalue weighted by Crippen LogP contribution is -2.25. The fourth-order valence-corrected chi connectivity index (χ4v) is 1.86. The van der Waals surface area contributed by atoms with Crippen LogP contribution in [0.1, 0.15) is 6.42 Å². The second-order valence-corrected chi connectivity index (χ2v) is 4.37. The summed E-state index contributed by atoms with van der Waals surface area (Å²) in [4.78, 5) is 33.5. The van der Waals surface area contributed by atoms with Crippen LogP contribution in [0.5, 0.6) is 5.75 Å².